The number of carbonyl (C=O) groups is 3. The van der Waals surface area contributed by atoms with Gasteiger partial charge in [0.1, 0.15) is 6.54 Å². The Labute approximate surface area is 163 Å². The summed E-state index contributed by atoms with van der Waals surface area (Å²) < 4.78 is 28.9. The number of nitrogens with one attached hydrogen (secondary N) is 1. The molecule has 9 heteroatoms. The van der Waals surface area contributed by atoms with Gasteiger partial charge in [0.05, 0.1) is 11.9 Å². The fourth-order valence-electron chi connectivity index (χ4n) is 2.17. The quantitative estimate of drug-likeness (QED) is 0.524. The van der Waals surface area contributed by atoms with E-state index >= 15 is 0 Å². The zero-order valence-electron chi connectivity index (χ0n) is 15.4. The van der Waals surface area contributed by atoms with Crippen molar-refractivity contribution in [2.45, 2.75) is 0 Å². The molecule has 8 nitrogen and oxygen atoms in total. The van der Waals surface area contributed by atoms with Gasteiger partial charge in [0.15, 0.2) is 12.4 Å². The molecule has 0 fully saturated rings. The van der Waals surface area contributed by atoms with E-state index in [-0.39, 0.29) is 12.1 Å². The van der Waals surface area contributed by atoms with Gasteiger partial charge >= 0.3 is 5.97 Å². The Morgan fingerprint density at radius 2 is 1.57 bits per heavy atom. The van der Waals surface area contributed by atoms with E-state index in [0.29, 0.717) is 11.3 Å². The number of anilines is 1. The molecule has 0 aliphatic carbocycles. The smallest absolute Gasteiger partial charge is 0.325 e. The molecule has 1 amide bonds. The first-order chi connectivity index (χ1) is 13.2. The van der Waals surface area contributed by atoms with E-state index in [9.17, 15) is 22.8 Å². The average molecular weight is 404 g/mol. The Morgan fingerprint density at radius 3 is 2.14 bits per heavy atom. The molecule has 148 valence electrons. The van der Waals surface area contributed by atoms with Crippen molar-refractivity contribution in [2.24, 2.45) is 0 Å². The van der Waals surface area contributed by atoms with Crippen LogP contribution in [0.1, 0.15) is 20.7 Å². The summed E-state index contributed by atoms with van der Waals surface area (Å²) >= 11 is 0. The summed E-state index contributed by atoms with van der Waals surface area (Å²) in [6, 6.07) is 14.2. The minimum Gasteiger partial charge on any atom is -0.456 e. The van der Waals surface area contributed by atoms with Crippen LogP contribution in [0.25, 0.3) is 0 Å². The number of carbonyl (C=O) groups excluding carboxylic acids is 3. The molecule has 0 radical (unpaired) electrons. The monoisotopic (exact) mass is 404 g/mol. The summed E-state index contributed by atoms with van der Waals surface area (Å²) in [7, 11) is -2.00. The number of esters is 1. The summed E-state index contributed by atoms with van der Waals surface area (Å²) in [6.07, 6.45) is 1.07. The summed E-state index contributed by atoms with van der Waals surface area (Å²) in [5.41, 5.74) is 1.08. The first-order valence-corrected chi connectivity index (χ1v) is 10.1. The van der Waals surface area contributed by atoms with Crippen LogP contribution in [-0.4, -0.2) is 52.5 Å². The maximum Gasteiger partial charge on any atom is 0.325 e. The van der Waals surface area contributed by atoms with Crippen molar-refractivity contribution in [3.63, 3.8) is 0 Å². The molecular weight excluding hydrogens is 384 g/mol. The normalized spacial score (nSPS) is 10.8. The molecule has 1 N–H and O–H groups in total. The Bertz CT molecular complexity index is 956. The standard InChI is InChI=1S/C19H20N2O6S/c1-21(28(2,25)26)16-10-8-14(9-11-16)17(22)13-27-18(23)12-20-19(24)15-6-4-3-5-7-15/h3-11H,12-13H2,1-2H3,(H,20,24). The maximum atomic E-state index is 12.1. The lowest BCUT2D eigenvalue weighted by molar-refractivity contribution is -0.141. The highest BCUT2D eigenvalue weighted by molar-refractivity contribution is 7.92. The first-order valence-electron chi connectivity index (χ1n) is 8.24. The van der Waals surface area contributed by atoms with E-state index in [1.54, 1.807) is 30.3 Å². The van der Waals surface area contributed by atoms with E-state index < -0.39 is 34.3 Å². The molecule has 0 heterocycles. The highest BCUT2D eigenvalue weighted by Gasteiger charge is 2.14. The van der Waals surface area contributed by atoms with Gasteiger partial charge in [-0.25, -0.2) is 8.42 Å². The van der Waals surface area contributed by atoms with Crippen molar-refractivity contribution in [1.82, 2.24) is 5.32 Å². The van der Waals surface area contributed by atoms with Crippen LogP contribution in [0, 0.1) is 0 Å². The number of hydrogen-bond acceptors (Lipinski definition) is 6. The second kappa shape index (κ2) is 9.14. The number of benzene rings is 2. The van der Waals surface area contributed by atoms with Gasteiger partial charge in [-0.15, -0.1) is 0 Å². The van der Waals surface area contributed by atoms with Gasteiger partial charge in [-0.3, -0.25) is 18.7 Å². The van der Waals surface area contributed by atoms with E-state index in [0.717, 1.165) is 10.6 Å². The molecule has 2 rings (SSSR count). The fourth-order valence-corrected chi connectivity index (χ4v) is 2.68. The molecular formula is C19H20N2O6S. The highest BCUT2D eigenvalue weighted by Crippen LogP contribution is 2.16. The lowest BCUT2D eigenvalue weighted by Crippen LogP contribution is -2.31. The Hall–Kier alpha value is -3.20. The second-order valence-electron chi connectivity index (χ2n) is 5.91. The number of rotatable bonds is 8. The molecule has 0 saturated heterocycles. The minimum atomic E-state index is -3.40. The van der Waals surface area contributed by atoms with Crippen molar-refractivity contribution < 1.29 is 27.5 Å². The third-order valence-electron chi connectivity index (χ3n) is 3.84. The van der Waals surface area contributed by atoms with Crippen molar-refractivity contribution in [2.75, 3.05) is 30.8 Å². The van der Waals surface area contributed by atoms with Crippen molar-refractivity contribution in [3.8, 4) is 0 Å². The topological polar surface area (TPSA) is 110 Å². The summed E-state index contributed by atoms with van der Waals surface area (Å²) in [4.78, 5) is 35.6. The van der Waals surface area contributed by atoms with Gasteiger partial charge in [0.25, 0.3) is 5.91 Å². The molecule has 0 unspecified atom stereocenters. The lowest BCUT2D eigenvalue weighted by atomic mass is 10.1. The van der Waals surface area contributed by atoms with Crippen LogP contribution in [-0.2, 0) is 19.6 Å². The van der Waals surface area contributed by atoms with E-state index in [1.807, 2.05) is 0 Å². The number of ether oxygens (including phenoxy) is 1. The molecule has 0 saturated carbocycles. The maximum absolute atomic E-state index is 12.1. The number of Topliss-reactive ketones (excluding diaryl/α,β-unsaturated/α-hetero) is 1. The highest BCUT2D eigenvalue weighted by atomic mass is 32.2. The van der Waals surface area contributed by atoms with Gasteiger partial charge in [0.2, 0.25) is 10.0 Å². The number of nitrogens with zero attached hydrogens (tertiary/aromatic N) is 1. The SMILES string of the molecule is CN(c1ccc(C(=O)COC(=O)CNC(=O)c2ccccc2)cc1)S(C)(=O)=O. The summed E-state index contributed by atoms with van der Waals surface area (Å²) in [5, 5.41) is 2.41. The lowest BCUT2D eigenvalue weighted by Gasteiger charge is -2.16. The molecule has 0 spiro atoms. The molecule has 0 bridgehead atoms. The molecule has 0 atom stereocenters. The Kier molecular flexibility index (Phi) is 6.89. The largest absolute Gasteiger partial charge is 0.456 e. The van der Waals surface area contributed by atoms with Crippen LogP contribution in [0.15, 0.2) is 54.6 Å². The summed E-state index contributed by atoms with van der Waals surface area (Å²) in [5.74, 6) is -1.61. The van der Waals surface area contributed by atoms with E-state index in [1.165, 1.54) is 31.3 Å². The minimum absolute atomic E-state index is 0.270. The van der Waals surface area contributed by atoms with Gasteiger partial charge in [0, 0.05) is 18.2 Å². The van der Waals surface area contributed by atoms with Gasteiger partial charge in [-0.05, 0) is 36.4 Å². The van der Waals surface area contributed by atoms with Gasteiger partial charge in [-0.2, -0.15) is 0 Å². The van der Waals surface area contributed by atoms with E-state index in [2.05, 4.69) is 5.32 Å². The van der Waals surface area contributed by atoms with Crippen LogP contribution in [0.4, 0.5) is 5.69 Å². The molecule has 2 aromatic carbocycles. The predicted molar refractivity (Wildman–Crippen MR) is 104 cm³/mol. The number of sulfonamides is 1. The number of hydrogen-bond donors (Lipinski definition) is 1. The fraction of sp³-hybridized carbons (Fsp3) is 0.211. The zero-order valence-corrected chi connectivity index (χ0v) is 16.2. The van der Waals surface area contributed by atoms with Gasteiger partial charge < -0.3 is 10.1 Å². The van der Waals surface area contributed by atoms with Gasteiger partial charge in [-0.1, -0.05) is 18.2 Å². The van der Waals surface area contributed by atoms with Crippen molar-refractivity contribution in [3.05, 3.63) is 65.7 Å². The van der Waals surface area contributed by atoms with Crippen molar-refractivity contribution >= 4 is 33.4 Å². The predicted octanol–water partition coefficient (Wildman–Crippen LogP) is 1.24. The first kappa shape index (κ1) is 21.1. The second-order valence-corrected chi connectivity index (χ2v) is 7.92. The average Bonchev–Trinajstić information content (AvgIpc) is 2.69. The zero-order chi connectivity index (χ0) is 20.7. The summed E-state index contributed by atoms with van der Waals surface area (Å²) in [6.45, 7) is -0.847. The van der Waals surface area contributed by atoms with Crippen molar-refractivity contribution in [1.29, 1.82) is 0 Å². The van der Waals surface area contributed by atoms with Crippen LogP contribution in [0.3, 0.4) is 0 Å². The van der Waals surface area contributed by atoms with E-state index in [4.69, 9.17) is 4.74 Å². The molecule has 0 aromatic heterocycles. The van der Waals surface area contributed by atoms with Crippen LogP contribution in [0.2, 0.25) is 0 Å². The third kappa shape index (κ3) is 5.92. The molecule has 2 aromatic rings. The third-order valence-corrected chi connectivity index (χ3v) is 5.05. The number of ketones is 1. The van der Waals surface area contributed by atoms with Crippen LogP contribution in [0.5, 0.6) is 0 Å². The molecule has 0 aliphatic heterocycles. The molecule has 28 heavy (non-hydrogen) atoms. The Balaban J connectivity index is 1.83. The Morgan fingerprint density at radius 1 is 0.964 bits per heavy atom. The number of amides is 1. The van der Waals surface area contributed by atoms with Crippen LogP contribution >= 0.6 is 0 Å². The van der Waals surface area contributed by atoms with Crippen LogP contribution < -0.4 is 9.62 Å². The molecule has 0 aliphatic rings.